The zero-order chi connectivity index (χ0) is 23.4. The van der Waals surface area contributed by atoms with Gasteiger partial charge >= 0.3 is 0 Å². The van der Waals surface area contributed by atoms with Crippen molar-refractivity contribution < 1.29 is 28.1 Å². The van der Waals surface area contributed by atoms with Gasteiger partial charge in [-0.2, -0.15) is 4.98 Å². The second-order valence-electron chi connectivity index (χ2n) is 8.26. The molecule has 2 saturated heterocycles. The fourth-order valence-corrected chi connectivity index (χ4v) is 4.60. The van der Waals surface area contributed by atoms with Crippen LogP contribution in [0, 0.1) is 11.6 Å². The standard InChI is InChI=1S/C24H18ClF2N3O4/c25-14-8-17-23(30-24(28-17)34-19-10-33-21-18(31)9-32-22(19)21)29-20(14)12-3-1-11(2-4-12)13-5-6-15(26)16(27)7-13/h1-8,18-19,21-22,31H,9-10H2,(H,28,29,30)/t18-,19-,21-,22-/m1/s1. The summed E-state index contributed by atoms with van der Waals surface area (Å²) in [6.07, 6.45) is -1.82. The third kappa shape index (κ3) is 3.70. The van der Waals surface area contributed by atoms with Crippen LogP contribution >= 0.6 is 11.6 Å². The molecule has 0 saturated carbocycles. The number of imidazole rings is 1. The summed E-state index contributed by atoms with van der Waals surface area (Å²) in [6, 6.07) is 12.9. The number of nitrogens with one attached hydrogen (secondary N) is 1. The van der Waals surface area contributed by atoms with Crippen LogP contribution in [0.4, 0.5) is 8.78 Å². The van der Waals surface area contributed by atoms with Crippen molar-refractivity contribution in [2.75, 3.05) is 13.2 Å². The van der Waals surface area contributed by atoms with Crippen molar-refractivity contribution in [3.05, 3.63) is 65.2 Å². The number of rotatable bonds is 4. The summed E-state index contributed by atoms with van der Waals surface area (Å²) in [5.74, 6) is -1.79. The Hall–Kier alpha value is -3.11. The highest BCUT2D eigenvalue weighted by Gasteiger charge is 2.48. The zero-order valence-corrected chi connectivity index (χ0v) is 18.3. The summed E-state index contributed by atoms with van der Waals surface area (Å²) in [5, 5.41) is 10.3. The van der Waals surface area contributed by atoms with E-state index in [9.17, 15) is 13.9 Å². The van der Waals surface area contributed by atoms with Crippen LogP contribution in [0.15, 0.2) is 48.5 Å². The quantitative estimate of drug-likeness (QED) is 0.452. The second-order valence-corrected chi connectivity index (χ2v) is 8.66. The molecule has 2 aromatic carbocycles. The topological polar surface area (TPSA) is 89.5 Å². The van der Waals surface area contributed by atoms with Crippen LogP contribution in [0.1, 0.15) is 0 Å². The smallest absolute Gasteiger partial charge is 0.296 e. The first kappa shape index (κ1) is 21.4. The lowest BCUT2D eigenvalue weighted by Crippen LogP contribution is -2.34. The zero-order valence-electron chi connectivity index (χ0n) is 17.5. The number of aromatic nitrogens is 3. The van der Waals surface area contributed by atoms with Gasteiger partial charge in [-0.25, -0.2) is 13.8 Å². The summed E-state index contributed by atoms with van der Waals surface area (Å²) in [6.45, 7) is 0.498. The Morgan fingerprint density at radius 2 is 1.65 bits per heavy atom. The minimum atomic E-state index is -0.899. The number of nitrogens with zero attached hydrogens (tertiary/aromatic N) is 2. The molecule has 2 fully saturated rings. The first-order chi connectivity index (χ1) is 16.5. The number of aromatic amines is 1. The van der Waals surface area contributed by atoms with E-state index in [1.54, 1.807) is 30.3 Å². The summed E-state index contributed by atoms with van der Waals surface area (Å²) < 4.78 is 43.9. The average Bonchev–Trinajstić information content (AvgIpc) is 3.52. The number of benzene rings is 2. The van der Waals surface area contributed by atoms with Crippen molar-refractivity contribution in [1.29, 1.82) is 0 Å². The number of halogens is 3. The molecule has 174 valence electrons. The van der Waals surface area contributed by atoms with E-state index in [0.717, 1.165) is 23.3 Å². The molecular formula is C24H18ClF2N3O4. The molecule has 2 aliphatic rings. The molecule has 34 heavy (non-hydrogen) atoms. The Labute approximate surface area is 197 Å². The van der Waals surface area contributed by atoms with E-state index >= 15 is 0 Å². The highest BCUT2D eigenvalue weighted by Crippen LogP contribution is 2.33. The van der Waals surface area contributed by atoms with Crippen molar-refractivity contribution in [2.45, 2.75) is 24.4 Å². The lowest BCUT2D eigenvalue weighted by molar-refractivity contribution is 0.00706. The highest BCUT2D eigenvalue weighted by atomic mass is 35.5. The highest BCUT2D eigenvalue weighted by molar-refractivity contribution is 6.33. The van der Waals surface area contributed by atoms with Crippen LogP contribution in [-0.2, 0) is 9.47 Å². The Balaban J connectivity index is 1.25. The van der Waals surface area contributed by atoms with Gasteiger partial charge in [0.15, 0.2) is 23.4 Å². The van der Waals surface area contributed by atoms with Gasteiger partial charge in [-0.15, -0.1) is 0 Å². The second kappa shape index (κ2) is 8.28. The number of aliphatic hydroxyl groups excluding tert-OH is 1. The molecule has 0 spiro atoms. The average molecular weight is 486 g/mol. The maximum Gasteiger partial charge on any atom is 0.296 e. The van der Waals surface area contributed by atoms with Crippen LogP contribution in [0.3, 0.4) is 0 Å². The minimum Gasteiger partial charge on any atom is -0.456 e. The van der Waals surface area contributed by atoms with Gasteiger partial charge in [0.25, 0.3) is 6.01 Å². The van der Waals surface area contributed by atoms with Crippen LogP contribution < -0.4 is 4.74 Å². The van der Waals surface area contributed by atoms with Crippen molar-refractivity contribution >= 4 is 22.8 Å². The van der Waals surface area contributed by atoms with Gasteiger partial charge in [0.05, 0.1) is 29.4 Å². The summed E-state index contributed by atoms with van der Waals surface area (Å²) in [4.78, 5) is 12.1. The van der Waals surface area contributed by atoms with Crippen molar-refractivity contribution in [3.8, 4) is 28.4 Å². The van der Waals surface area contributed by atoms with Gasteiger partial charge in [-0.1, -0.05) is 41.9 Å². The maximum absolute atomic E-state index is 13.6. The molecular weight excluding hydrogens is 468 g/mol. The molecule has 2 aliphatic heterocycles. The molecule has 0 amide bonds. The Morgan fingerprint density at radius 1 is 0.912 bits per heavy atom. The molecule has 6 rings (SSSR count). The van der Waals surface area contributed by atoms with Crippen molar-refractivity contribution in [1.82, 2.24) is 15.0 Å². The number of hydrogen-bond acceptors (Lipinski definition) is 6. The lowest BCUT2D eigenvalue weighted by Gasteiger charge is -2.15. The molecule has 0 bridgehead atoms. The van der Waals surface area contributed by atoms with E-state index in [0.29, 0.717) is 27.4 Å². The molecule has 0 radical (unpaired) electrons. The number of H-pyrrole nitrogens is 1. The van der Waals surface area contributed by atoms with E-state index < -0.39 is 29.9 Å². The molecule has 2 aromatic heterocycles. The van der Waals surface area contributed by atoms with E-state index in [1.165, 1.54) is 6.07 Å². The molecule has 10 heteroatoms. The summed E-state index contributed by atoms with van der Waals surface area (Å²) in [5.41, 5.74) is 3.57. The largest absolute Gasteiger partial charge is 0.456 e. The predicted molar refractivity (Wildman–Crippen MR) is 120 cm³/mol. The van der Waals surface area contributed by atoms with Gasteiger partial charge in [-0.05, 0) is 29.3 Å². The van der Waals surface area contributed by atoms with Crippen LogP contribution in [-0.4, -0.2) is 57.7 Å². The molecule has 4 atom stereocenters. The fourth-order valence-electron chi connectivity index (χ4n) is 4.34. The van der Waals surface area contributed by atoms with Gasteiger partial charge in [0, 0.05) is 5.56 Å². The SMILES string of the molecule is O[C@@H]1CO[C@H]2[C@@H]1OC[C@H]2Oc1nc2nc(-c3ccc(-c4ccc(F)c(F)c4)cc3)c(Cl)cc2[nH]1. The first-order valence-corrected chi connectivity index (χ1v) is 11.0. The van der Waals surface area contributed by atoms with Gasteiger partial charge in [-0.3, -0.25) is 0 Å². The van der Waals surface area contributed by atoms with E-state index in [4.69, 9.17) is 25.8 Å². The van der Waals surface area contributed by atoms with E-state index in [-0.39, 0.29) is 25.3 Å². The lowest BCUT2D eigenvalue weighted by atomic mass is 10.0. The van der Waals surface area contributed by atoms with E-state index in [1.807, 2.05) is 0 Å². The fraction of sp³-hybridized carbons (Fsp3) is 0.250. The molecule has 0 unspecified atom stereocenters. The monoisotopic (exact) mass is 485 g/mol. The Morgan fingerprint density at radius 3 is 2.44 bits per heavy atom. The third-order valence-corrected chi connectivity index (χ3v) is 6.35. The molecule has 0 aliphatic carbocycles. The first-order valence-electron chi connectivity index (χ1n) is 10.7. The van der Waals surface area contributed by atoms with Crippen LogP contribution in [0.2, 0.25) is 5.02 Å². The molecule has 4 aromatic rings. The molecule has 2 N–H and O–H groups in total. The Bertz CT molecular complexity index is 1380. The van der Waals surface area contributed by atoms with Crippen molar-refractivity contribution in [2.24, 2.45) is 0 Å². The van der Waals surface area contributed by atoms with E-state index in [2.05, 4.69) is 15.0 Å². The summed E-state index contributed by atoms with van der Waals surface area (Å²) in [7, 11) is 0. The number of pyridine rings is 1. The number of aliphatic hydroxyl groups is 1. The van der Waals surface area contributed by atoms with Crippen molar-refractivity contribution in [3.63, 3.8) is 0 Å². The summed E-state index contributed by atoms with van der Waals surface area (Å²) >= 11 is 6.49. The predicted octanol–water partition coefficient (Wildman–Crippen LogP) is 4.13. The maximum atomic E-state index is 13.6. The van der Waals surface area contributed by atoms with Crippen LogP contribution in [0.25, 0.3) is 33.5 Å². The van der Waals surface area contributed by atoms with Crippen LogP contribution in [0.5, 0.6) is 6.01 Å². The molecule has 4 heterocycles. The van der Waals surface area contributed by atoms with Gasteiger partial charge in [0.1, 0.15) is 18.3 Å². The normalized spacial score (nSPS) is 24.0. The minimum absolute atomic E-state index is 0.213. The molecule has 7 nitrogen and oxygen atoms in total. The number of fused-ring (bicyclic) bond motifs is 2. The third-order valence-electron chi connectivity index (χ3n) is 6.06. The van der Waals surface area contributed by atoms with Gasteiger partial charge in [0.2, 0.25) is 0 Å². The Kier molecular flexibility index (Phi) is 5.22. The number of hydrogen-bond donors (Lipinski definition) is 2. The number of ether oxygens (including phenoxy) is 3. The van der Waals surface area contributed by atoms with Gasteiger partial charge < -0.3 is 24.3 Å².